The molecule has 3 aromatic rings. The van der Waals surface area contributed by atoms with Crippen LogP contribution in [0, 0.1) is 11.8 Å². The van der Waals surface area contributed by atoms with E-state index in [0.29, 0.717) is 0 Å². The average molecular weight is 409 g/mol. The first-order valence-electron chi connectivity index (χ1n) is 8.14. The molecular weight excluding hydrogens is 397 g/mol. The molecule has 0 bridgehead atoms. The Morgan fingerprint density at radius 1 is 1.00 bits per heavy atom. The van der Waals surface area contributed by atoms with Gasteiger partial charge in [0.1, 0.15) is 11.5 Å². The molecule has 3 rings (SSSR count). The maximum atomic E-state index is 14.3. The van der Waals surface area contributed by atoms with Crippen LogP contribution >= 0.6 is 0 Å². The van der Waals surface area contributed by atoms with Crippen molar-refractivity contribution >= 4 is 5.91 Å². The van der Waals surface area contributed by atoms with E-state index >= 15 is 0 Å². The van der Waals surface area contributed by atoms with Crippen molar-refractivity contribution in [2.75, 3.05) is 0 Å². The van der Waals surface area contributed by atoms with Gasteiger partial charge in [0.15, 0.2) is 0 Å². The van der Waals surface area contributed by atoms with Crippen LogP contribution in [0.15, 0.2) is 59.5 Å². The maximum Gasteiger partial charge on any atom is 0.416 e. The predicted octanol–water partition coefficient (Wildman–Crippen LogP) is 3.59. The second-order valence-electron chi connectivity index (χ2n) is 5.97. The number of benzene rings is 1. The lowest BCUT2D eigenvalue weighted by Crippen LogP contribution is -2.31. The second-order valence-corrected chi connectivity index (χ2v) is 5.97. The third-order valence-corrected chi connectivity index (χ3v) is 4.01. The molecule has 0 aliphatic heterocycles. The Hall–Kier alpha value is -3.56. The number of H-pyrrole nitrogens is 1. The van der Waals surface area contributed by atoms with Gasteiger partial charge in [-0.25, -0.2) is 9.37 Å². The predicted molar refractivity (Wildman–Crippen MR) is 92.0 cm³/mol. The summed E-state index contributed by atoms with van der Waals surface area (Å²) in [7, 11) is 0. The lowest BCUT2D eigenvalue weighted by Gasteiger charge is -2.20. The molecule has 29 heavy (non-hydrogen) atoms. The molecule has 0 spiro atoms. The number of amides is 1. The summed E-state index contributed by atoms with van der Waals surface area (Å²) < 4.78 is 66.3. The molecule has 2 N–H and O–H groups in total. The average Bonchev–Trinajstić information content (AvgIpc) is 2.68. The highest BCUT2D eigenvalue weighted by Crippen LogP contribution is 2.31. The van der Waals surface area contributed by atoms with Crippen LogP contribution in [0.25, 0.3) is 0 Å². The molecule has 0 saturated heterocycles. The molecule has 1 atom stereocenters. The van der Waals surface area contributed by atoms with Crippen LogP contribution in [0.4, 0.5) is 22.0 Å². The van der Waals surface area contributed by atoms with Crippen LogP contribution in [-0.2, 0) is 6.18 Å². The number of aromatic amines is 1. The molecule has 0 saturated carbocycles. The Bertz CT molecular complexity index is 1070. The normalized spacial score (nSPS) is 12.4. The standard InChI is InChI=1S/C19H12F5N3O2/c20-13-6-7-14(21)26-17(13)16(10-1-4-12(5-2-10)19(22,23)24)27-18(29)11-3-8-15(28)25-9-11/h1-9,16H,(H,25,28)(H,27,29)/t16-/m0/s1. The van der Waals surface area contributed by atoms with Gasteiger partial charge in [0.2, 0.25) is 11.5 Å². The van der Waals surface area contributed by atoms with Gasteiger partial charge in [0.25, 0.3) is 5.91 Å². The fourth-order valence-corrected chi connectivity index (χ4v) is 2.58. The Labute approximate surface area is 160 Å². The Balaban J connectivity index is 2.02. The van der Waals surface area contributed by atoms with E-state index in [0.717, 1.165) is 48.7 Å². The summed E-state index contributed by atoms with van der Waals surface area (Å²) >= 11 is 0. The number of carbonyl (C=O) groups is 1. The fourth-order valence-electron chi connectivity index (χ4n) is 2.58. The molecule has 0 aliphatic carbocycles. The molecule has 10 heteroatoms. The first kappa shape index (κ1) is 20.2. The van der Waals surface area contributed by atoms with E-state index in [1.807, 2.05) is 0 Å². The number of halogens is 5. The second kappa shape index (κ2) is 7.82. The number of rotatable bonds is 4. The molecule has 0 fully saturated rings. The third-order valence-electron chi connectivity index (χ3n) is 4.01. The monoisotopic (exact) mass is 409 g/mol. The van der Waals surface area contributed by atoms with Gasteiger partial charge in [-0.1, -0.05) is 12.1 Å². The van der Waals surface area contributed by atoms with E-state index in [-0.39, 0.29) is 11.1 Å². The minimum absolute atomic E-state index is 0.00155. The SMILES string of the molecule is O=C(N[C@@H](c1ccc(C(F)(F)F)cc1)c1nc(F)ccc1F)c1ccc(=O)[nH]c1. The number of nitrogens with one attached hydrogen (secondary N) is 2. The number of hydrogen-bond acceptors (Lipinski definition) is 3. The summed E-state index contributed by atoms with van der Waals surface area (Å²) in [6.07, 6.45) is -3.48. The first-order chi connectivity index (χ1) is 13.6. The number of hydrogen-bond donors (Lipinski definition) is 2. The molecule has 150 valence electrons. The Morgan fingerprint density at radius 3 is 2.28 bits per heavy atom. The van der Waals surface area contributed by atoms with E-state index in [1.165, 1.54) is 6.07 Å². The summed E-state index contributed by atoms with van der Waals surface area (Å²) in [5.41, 5.74) is -1.87. The highest BCUT2D eigenvalue weighted by molar-refractivity contribution is 5.94. The fraction of sp³-hybridized carbons (Fsp3) is 0.105. The quantitative estimate of drug-likeness (QED) is 0.511. The van der Waals surface area contributed by atoms with E-state index in [4.69, 9.17) is 0 Å². The highest BCUT2D eigenvalue weighted by Gasteiger charge is 2.31. The van der Waals surface area contributed by atoms with Crippen LogP contribution in [-0.4, -0.2) is 15.9 Å². The third kappa shape index (κ3) is 4.65. The van der Waals surface area contributed by atoms with Crippen LogP contribution in [0.1, 0.15) is 33.2 Å². The molecule has 2 aromatic heterocycles. The van der Waals surface area contributed by atoms with E-state index in [9.17, 15) is 31.5 Å². The van der Waals surface area contributed by atoms with E-state index < -0.39 is 46.7 Å². The number of alkyl halides is 3. The molecule has 5 nitrogen and oxygen atoms in total. The van der Waals surface area contributed by atoms with Crippen LogP contribution in [0.3, 0.4) is 0 Å². The molecule has 0 radical (unpaired) electrons. The molecular formula is C19H12F5N3O2. The van der Waals surface area contributed by atoms with Crippen molar-refractivity contribution in [2.45, 2.75) is 12.2 Å². The van der Waals surface area contributed by atoms with Crippen molar-refractivity contribution in [1.82, 2.24) is 15.3 Å². The number of pyridine rings is 2. The van der Waals surface area contributed by atoms with Gasteiger partial charge >= 0.3 is 6.18 Å². The number of nitrogens with zero attached hydrogens (tertiary/aromatic N) is 1. The summed E-state index contributed by atoms with van der Waals surface area (Å²) in [5.74, 6) is -2.77. The molecule has 2 heterocycles. The first-order valence-corrected chi connectivity index (χ1v) is 8.14. The summed E-state index contributed by atoms with van der Waals surface area (Å²) in [6.45, 7) is 0. The topological polar surface area (TPSA) is 74.8 Å². The van der Waals surface area contributed by atoms with Crippen molar-refractivity contribution in [3.8, 4) is 0 Å². The summed E-state index contributed by atoms with van der Waals surface area (Å²) in [6, 6.07) is 6.05. The molecule has 0 aliphatic rings. The highest BCUT2D eigenvalue weighted by atomic mass is 19.4. The van der Waals surface area contributed by atoms with Gasteiger partial charge in [-0.05, 0) is 35.9 Å². The molecule has 1 aromatic carbocycles. The van der Waals surface area contributed by atoms with Gasteiger partial charge in [-0.15, -0.1) is 0 Å². The molecule has 0 unspecified atom stereocenters. The van der Waals surface area contributed by atoms with Crippen LogP contribution in [0.5, 0.6) is 0 Å². The van der Waals surface area contributed by atoms with Crippen LogP contribution < -0.4 is 10.9 Å². The number of carbonyl (C=O) groups excluding carboxylic acids is 1. The van der Waals surface area contributed by atoms with Gasteiger partial charge in [-0.3, -0.25) is 9.59 Å². The minimum Gasteiger partial charge on any atom is -0.339 e. The maximum absolute atomic E-state index is 14.3. The van der Waals surface area contributed by atoms with Crippen LogP contribution in [0.2, 0.25) is 0 Å². The van der Waals surface area contributed by atoms with Gasteiger partial charge in [0.05, 0.1) is 17.2 Å². The Morgan fingerprint density at radius 2 is 1.69 bits per heavy atom. The van der Waals surface area contributed by atoms with Gasteiger partial charge in [0, 0.05) is 12.3 Å². The zero-order valence-electron chi connectivity index (χ0n) is 14.4. The summed E-state index contributed by atoms with van der Waals surface area (Å²) in [5, 5.41) is 2.40. The lowest BCUT2D eigenvalue weighted by molar-refractivity contribution is -0.137. The summed E-state index contributed by atoms with van der Waals surface area (Å²) in [4.78, 5) is 29.3. The largest absolute Gasteiger partial charge is 0.416 e. The van der Waals surface area contributed by atoms with E-state index in [1.54, 1.807) is 0 Å². The van der Waals surface area contributed by atoms with Crippen molar-refractivity contribution in [1.29, 1.82) is 0 Å². The van der Waals surface area contributed by atoms with E-state index in [2.05, 4.69) is 15.3 Å². The van der Waals surface area contributed by atoms with Gasteiger partial charge < -0.3 is 10.3 Å². The van der Waals surface area contributed by atoms with Gasteiger partial charge in [-0.2, -0.15) is 17.6 Å². The van der Waals surface area contributed by atoms with Crippen molar-refractivity contribution in [3.63, 3.8) is 0 Å². The zero-order valence-corrected chi connectivity index (χ0v) is 14.4. The van der Waals surface area contributed by atoms with Crippen molar-refractivity contribution in [2.24, 2.45) is 0 Å². The van der Waals surface area contributed by atoms with Crippen molar-refractivity contribution < 1.29 is 26.7 Å². The number of aromatic nitrogens is 2. The smallest absolute Gasteiger partial charge is 0.339 e. The Kier molecular flexibility index (Phi) is 5.44. The van der Waals surface area contributed by atoms with Crippen molar-refractivity contribution in [3.05, 3.63) is 99.2 Å². The minimum atomic E-state index is -4.59. The zero-order chi connectivity index (χ0) is 21.2. The molecule has 1 amide bonds. The lowest BCUT2D eigenvalue weighted by atomic mass is 10.0.